The lowest BCUT2D eigenvalue weighted by molar-refractivity contribution is -0.132. The van der Waals surface area contributed by atoms with Gasteiger partial charge in [0.1, 0.15) is 0 Å². The van der Waals surface area contributed by atoms with Gasteiger partial charge in [0.2, 0.25) is 5.91 Å². The lowest BCUT2D eigenvalue weighted by Crippen LogP contribution is -2.39. The zero-order chi connectivity index (χ0) is 22.8. The summed E-state index contributed by atoms with van der Waals surface area (Å²) in [6.07, 6.45) is 6.14. The summed E-state index contributed by atoms with van der Waals surface area (Å²) in [6, 6.07) is 8.05. The Labute approximate surface area is 190 Å². The fourth-order valence-corrected chi connectivity index (χ4v) is 3.84. The van der Waals surface area contributed by atoms with Gasteiger partial charge in [0, 0.05) is 58.1 Å². The third kappa shape index (κ3) is 6.42. The Morgan fingerprint density at radius 1 is 1.09 bits per heavy atom. The maximum atomic E-state index is 12.7. The van der Waals surface area contributed by atoms with E-state index in [0.717, 1.165) is 56.3 Å². The van der Waals surface area contributed by atoms with Gasteiger partial charge in [-0.15, -0.1) is 0 Å². The number of nitrogens with one attached hydrogen (secondary N) is 2. The molecule has 1 aliphatic rings. The van der Waals surface area contributed by atoms with Crippen molar-refractivity contribution in [3.8, 4) is 11.5 Å². The van der Waals surface area contributed by atoms with Crippen LogP contribution < -0.4 is 20.1 Å². The van der Waals surface area contributed by atoms with Crippen molar-refractivity contribution in [2.45, 2.75) is 39.3 Å². The summed E-state index contributed by atoms with van der Waals surface area (Å²) in [4.78, 5) is 19.3. The first kappa shape index (κ1) is 23.5. The molecule has 2 N–H and O–H groups in total. The van der Waals surface area contributed by atoms with E-state index in [1.54, 1.807) is 14.2 Å². The molecule has 0 bridgehead atoms. The van der Waals surface area contributed by atoms with E-state index in [-0.39, 0.29) is 5.91 Å². The fraction of sp³-hybridized carbons (Fsp3) is 0.500. The summed E-state index contributed by atoms with van der Waals surface area (Å²) in [7, 11) is 3.28. The van der Waals surface area contributed by atoms with Crippen LogP contribution in [0.2, 0.25) is 0 Å². The van der Waals surface area contributed by atoms with Gasteiger partial charge >= 0.3 is 0 Å². The van der Waals surface area contributed by atoms with Crippen LogP contribution in [0.4, 0.5) is 0 Å². The van der Waals surface area contributed by atoms with Crippen LogP contribution in [0.1, 0.15) is 30.9 Å². The molecule has 0 fully saturated rings. The first-order chi connectivity index (χ1) is 15.6. The molecule has 0 radical (unpaired) electrons. The van der Waals surface area contributed by atoms with E-state index in [1.165, 1.54) is 5.56 Å². The zero-order valence-corrected chi connectivity index (χ0v) is 19.4. The van der Waals surface area contributed by atoms with Crippen LogP contribution in [0.3, 0.4) is 0 Å². The number of benzene rings is 1. The number of nitrogens with zero attached hydrogens (tertiary/aromatic N) is 3. The topological polar surface area (TPSA) is 80.1 Å². The van der Waals surface area contributed by atoms with Crippen LogP contribution in [0.5, 0.6) is 11.5 Å². The standard InChI is InChI=1S/C24H35N5O3/c1-4-25-24(27-11-15-28-12-5-6-13-28)26-10-7-8-23(30)29-14-9-19-16-21(31-2)22(32-3)17-20(19)18-29/h5-6,12-13,16-17H,4,7-11,14-15,18H2,1-3H3,(H2,25,26,27). The number of aliphatic imine (C=N–C) groups is 1. The second kappa shape index (κ2) is 12.0. The summed E-state index contributed by atoms with van der Waals surface area (Å²) >= 11 is 0. The van der Waals surface area contributed by atoms with E-state index in [2.05, 4.69) is 20.2 Å². The summed E-state index contributed by atoms with van der Waals surface area (Å²) in [5.41, 5.74) is 2.35. The summed E-state index contributed by atoms with van der Waals surface area (Å²) in [5.74, 6) is 2.41. The number of hydrogen-bond donors (Lipinski definition) is 2. The van der Waals surface area contributed by atoms with Crippen molar-refractivity contribution in [1.29, 1.82) is 0 Å². The Kier molecular flexibility index (Phi) is 8.83. The molecule has 0 unspecified atom stereocenters. The molecule has 2 heterocycles. The maximum absolute atomic E-state index is 12.7. The van der Waals surface area contributed by atoms with Gasteiger partial charge in [-0.1, -0.05) is 0 Å². The third-order valence-electron chi connectivity index (χ3n) is 5.56. The lowest BCUT2D eigenvalue weighted by atomic mass is 9.98. The van der Waals surface area contributed by atoms with Crippen molar-refractivity contribution in [2.24, 2.45) is 4.99 Å². The molecule has 3 rings (SSSR count). The molecule has 1 aromatic carbocycles. The van der Waals surface area contributed by atoms with Gasteiger partial charge in [-0.2, -0.15) is 0 Å². The normalized spacial score (nSPS) is 13.5. The van der Waals surface area contributed by atoms with E-state index in [0.29, 0.717) is 25.3 Å². The molecule has 0 aliphatic carbocycles. The minimum absolute atomic E-state index is 0.172. The van der Waals surface area contributed by atoms with Gasteiger partial charge in [0.15, 0.2) is 17.5 Å². The first-order valence-corrected chi connectivity index (χ1v) is 11.3. The van der Waals surface area contributed by atoms with Crippen molar-refractivity contribution < 1.29 is 14.3 Å². The number of amides is 1. The van der Waals surface area contributed by atoms with Crippen molar-refractivity contribution in [1.82, 2.24) is 20.1 Å². The van der Waals surface area contributed by atoms with Gasteiger partial charge < -0.3 is 29.6 Å². The van der Waals surface area contributed by atoms with Gasteiger partial charge in [0.05, 0.1) is 14.2 Å². The number of aromatic nitrogens is 1. The highest BCUT2D eigenvalue weighted by atomic mass is 16.5. The average Bonchev–Trinajstić information content (AvgIpc) is 3.33. The minimum Gasteiger partial charge on any atom is -0.493 e. The van der Waals surface area contributed by atoms with Crippen molar-refractivity contribution >= 4 is 11.9 Å². The number of guanidine groups is 1. The molecule has 1 amide bonds. The molecule has 8 nitrogen and oxygen atoms in total. The number of carbonyl (C=O) groups is 1. The van der Waals surface area contributed by atoms with Crippen LogP contribution >= 0.6 is 0 Å². The highest BCUT2D eigenvalue weighted by molar-refractivity contribution is 5.80. The molecule has 1 aliphatic heterocycles. The molecule has 174 valence electrons. The second-order valence-electron chi connectivity index (χ2n) is 7.75. The Morgan fingerprint density at radius 2 is 1.81 bits per heavy atom. The summed E-state index contributed by atoms with van der Waals surface area (Å²) in [5, 5.41) is 6.60. The molecule has 0 spiro atoms. The van der Waals surface area contributed by atoms with Gasteiger partial charge in [-0.3, -0.25) is 9.79 Å². The van der Waals surface area contributed by atoms with Gasteiger partial charge in [-0.25, -0.2) is 0 Å². The van der Waals surface area contributed by atoms with Crippen molar-refractivity contribution in [2.75, 3.05) is 40.4 Å². The van der Waals surface area contributed by atoms with E-state index in [9.17, 15) is 4.79 Å². The van der Waals surface area contributed by atoms with Crippen LogP contribution in [0.15, 0.2) is 41.7 Å². The number of ether oxygens (including phenoxy) is 2. The lowest BCUT2D eigenvalue weighted by Gasteiger charge is -2.29. The number of carbonyl (C=O) groups excluding carboxylic acids is 1. The number of rotatable bonds is 10. The summed E-state index contributed by atoms with van der Waals surface area (Å²) < 4.78 is 12.9. The number of hydrogen-bond acceptors (Lipinski definition) is 4. The Morgan fingerprint density at radius 3 is 2.50 bits per heavy atom. The monoisotopic (exact) mass is 441 g/mol. The van der Waals surface area contributed by atoms with Crippen LogP contribution in [-0.4, -0.2) is 61.7 Å². The van der Waals surface area contributed by atoms with E-state index in [1.807, 2.05) is 48.5 Å². The molecule has 0 atom stereocenters. The van der Waals surface area contributed by atoms with Gasteiger partial charge in [0.25, 0.3) is 0 Å². The Balaban J connectivity index is 1.45. The molecule has 32 heavy (non-hydrogen) atoms. The number of fused-ring (bicyclic) bond motifs is 1. The number of methoxy groups -OCH3 is 2. The van der Waals surface area contributed by atoms with E-state index >= 15 is 0 Å². The van der Waals surface area contributed by atoms with Crippen molar-refractivity contribution in [3.05, 3.63) is 47.8 Å². The molecular formula is C24H35N5O3. The van der Waals surface area contributed by atoms with Gasteiger partial charge in [-0.05, 0) is 55.2 Å². The molecule has 0 saturated heterocycles. The highest BCUT2D eigenvalue weighted by Crippen LogP contribution is 2.33. The SMILES string of the molecule is CCNC(=NCCCC(=O)N1CCc2cc(OC)c(OC)cc2C1)NCCn1cccc1. The molecular weight excluding hydrogens is 406 g/mol. The minimum atomic E-state index is 0.172. The largest absolute Gasteiger partial charge is 0.493 e. The third-order valence-corrected chi connectivity index (χ3v) is 5.56. The highest BCUT2D eigenvalue weighted by Gasteiger charge is 2.22. The first-order valence-electron chi connectivity index (χ1n) is 11.3. The quantitative estimate of drug-likeness (QED) is 0.336. The second-order valence-corrected chi connectivity index (χ2v) is 7.75. The maximum Gasteiger partial charge on any atom is 0.222 e. The van der Waals surface area contributed by atoms with Crippen LogP contribution in [0, 0.1) is 0 Å². The smallest absolute Gasteiger partial charge is 0.222 e. The molecule has 2 aromatic rings. The Hall–Kier alpha value is -3.16. The predicted molar refractivity (Wildman–Crippen MR) is 126 cm³/mol. The van der Waals surface area contributed by atoms with Crippen LogP contribution in [-0.2, 0) is 24.3 Å². The van der Waals surface area contributed by atoms with E-state index < -0.39 is 0 Å². The molecule has 0 saturated carbocycles. The summed E-state index contributed by atoms with van der Waals surface area (Å²) in [6.45, 7) is 6.47. The molecule has 8 heteroatoms. The van der Waals surface area contributed by atoms with Crippen LogP contribution in [0.25, 0.3) is 0 Å². The predicted octanol–water partition coefficient (Wildman–Crippen LogP) is 2.43. The molecule has 1 aromatic heterocycles. The zero-order valence-electron chi connectivity index (χ0n) is 19.4. The fourth-order valence-electron chi connectivity index (χ4n) is 3.84. The van der Waals surface area contributed by atoms with Crippen molar-refractivity contribution in [3.63, 3.8) is 0 Å². The van der Waals surface area contributed by atoms with E-state index in [4.69, 9.17) is 9.47 Å². The Bertz CT molecular complexity index is 895. The average molecular weight is 442 g/mol.